The van der Waals surface area contributed by atoms with Crippen LogP contribution >= 0.6 is 0 Å². The molecule has 1 unspecified atom stereocenters. The lowest BCUT2D eigenvalue weighted by atomic mass is 9.77. The minimum absolute atomic E-state index is 0.441. The van der Waals surface area contributed by atoms with E-state index in [4.69, 9.17) is 0 Å². The lowest BCUT2D eigenvalue weighted by Crippen LogP contribution is -2.24. The monoisotopic (exact) mass is 228 g/mol. The summed E-state index contributed by atoms with van der Waals surface area (Å²) in [7, 11) is 0. The normalized spacial score (nSPS) is 17.1. The van der Waals surface area contributed by atoms with E-state index in [1.807, 2.05) is 0 Å². The molecule has 0 saturated heterocycles. The van der Waals surface area contributed by atoms with Crippen LogP contribution in [0.25, 0.3) is 0 Å². The fraction of sp³-hybridized carbons (Fsp3) is 0.214. The molecule has 0 aliphatic heterocycles. The third-order valence-corrected chi connectivity index (χ3v) is 3.21. The Morgan fingerprint density at radius 1 is 1.18 bits per heavy atom. The van der Waals surface area contributed by atoms with Gasteiger partial charge in [0.2, 0.25) is 5.95 Å². The average Bonchev–Trinajstić information content (AvgIpc) is 2.30. The Morgan fingerprint density at radius 2 is 2.06 bits per heavy atom. The quantitative estimate of drug-likeness (QED) is 0.817. The minimum Gasteiger partial charge on any atom is -0.369 e. The van der Waals surface area contributed by atoms with Crippen LogP contribution in [0.5, 0.6) is 0 Å². The van der Waals surface area contributed by atoms with E-state index in [0.717, 1.165) is 13.0 Å². The van der Waals surface area contributed by atoms with Crippen LogP contribution in [-0.2, 0) is 6.42 Å². The second-order valence-corrected chi connectivity index (χ2v) is 4.33. The van der Waals surface area contributed by atoms with Crippen molar-refractivity contribution in [3.63, 3.8) is 0 Å². The molecule has 0 fully saturated rings. The zero-order valence-electron chi connectivity index (χ0n) is 9.36. The molecule has 1 aliphatic carbocycles. The number of nitrogens with one attached hydrogen (secondary N) is 1. The molecule has 0 amide bonds. The summed E-state index contributed by atoms with van der Waals surface area (Å²) in [5, 5.41) is 3.18. The van der Waals surface area contributed by atoms with Crippen molar-refractivity contribution in [3.05, 3.63) is 59.5 Å². The van der Waals surface area contributed by atoms with Gasteiger partial charge in [-0.1, -0.05) is 30.3 Å². The number of fused-ring (bicyclic) bond motifs is 1. The molecular weight excluding hydrogens is 215 g/mol. The third-order valence-electron chi connectivity index (χ3n) is 3.21. The van der Waals surface area contributed by atoms with E-state index in [0.29, 0.717) is 11.7 Å². The average molecular weight is 228 g/mol. The van der Waals surface area contributed by atoms with Crippen LogP contribution in [0.3, 0.4) is 0 Å². The molecule has 3 heteroatoms. The number of pyridine rings is 1. The van der Waals surface area contributed by atoms with Crippen LogP contribution < -0.4 is 5.32 Å². The van der Waals surface area contributed by atoms with Gasteiger partial charge in [-0.2, -0.15) is 4.39 Å². The molecule has 86 valence electrons. The van der Waals surface area contributed by atoms with Crippen molar-refractivity contribution >= 4 is 5.82 Å². The first-order valence-corrected chi connectivity index (χ1v) is 5.77. The maximum absolute atomic E-state index is 12.9. The van der Waals surface area contributed by atoms with Crippen molar-refractivity contribution in [1.82, 2.24) is 4.98 Å². The van der Waals surface area contributed by atoms with Crippen LogP contribution in [0, 0.1) is 5.95 Å². The van der Waals surface area contributed by atoms with Gasteiger partial charge in [-0.15, -0.1) is 0 Å². The molecular formula is C14H13FN2. The molecule has 17 heavy (non-hydrogen) atoms. The van der Waals surface area contributed by atoms with Crippen molar-refractivity contribution < 1.29 is 4.39 Å². The fourth-order valence-electron chi connectivity index (χ4n) is 2.28. The molecule has 1 aromatic heterocycles. The number of benzene rings is 1. The highest BCUT2D eigenvalue weighted by Gasteiger charge is 2.24. The van der Waals surface area contributed by atoms with Gasteiger partial charge in [0.1, 0.15) is 5.82 Å². The van der Waals surface area contributed by atoms with Gasteiger partial charge < -0.3 is 5.32 Å². The molecule has 0 bridgehead atoms. The summed E-state index contributed by atoms with van der Waals surface area (Å²) in [6.45, 7) is 0.813. The van der Waals surface area contributed by atoms with Crippen molar-refractivity contribution in [2.45, 2.75) is 12.3 Å². The van der Waals surface area contributed by atoms with Crippen LogP contribution in [0.15, 0.2) is 42.5 Å². The van der Waals surface area contributed by atoms with Gasteiger partial charge in [-0.25, -0.2) is 4.98 Å². The van der Waals surface area contributed by atoms with Crippen molar-refractivity contribution in [3.8, 4) is 0 Å². The number of hydrogen-bond donors (Lipinski definition) is 1. The van der Waals surface area contributed by atoms with Gasteiger partial charge in [0.05, 0.1) is 0 Å². The molecule has 2 nitrogen and oxygen atoms in total. The lowest BCUT2D eigenvalue weighted by molar-refractivity contribution is 0.582. The molecule has 2 aromatic rings. The highest BCUT2D eigenvalue weighted by molar-refractivity contribution is 5.42. The first-order chi connectivity index (χ1) is 8.33. The van der Waals surface area contributed by atoms with E-state index < -0.39 is 5.95 Å². The van der Waals surface area contributed by atoms with E-state index in [2.05, 4.69) is 34.6 Å². The zero-order chi connectivity index (χ0) is 11.7. The summed E-state index contributed by atoms with van der Waals surface area (Å²) >= 11 is 0. The summed E-state index contributed by atoms with van der Waals surface area (Å²) in [5.41, 5.74) is 2.82. The van der Waals surface area contributed by atoms with Crippen LogP contribution in [-0.4, -0.2) is 11.5 Å². The topological polar surface area (TPSA) is 24.9 Å². The highest BCUT2D eigenvalue weighted by atomic mass is 19.1. The SMILES string of the molecule is Fc1cccc(NCC2Cc3ccccc32)n1. The van der Waals surface area contributed by atoms with E-state index in [1.54, 1.807) is 12.1 Å². The molecule has 1 N–H and O–H groups in total. The number of aromatic nitrogens is 1. The number of nitrogens with zero attached hydrogens (tertiary/aromatic N) is 1. The smallest absolute Gasteiger partial charge is 0.214 e. The molecule has 0 spiro atoms. The van der Waals surface area contributed by atoms with E-state index in [-0.39, 0.29) is 0 Å². The summed E-state index contributed by atoms with van der Waals surface area (Å²) in [6.07, 6.45) is 1.10. The highest BCUT2D eigenvalue weighted by Crippen LogP contribution is 2.34. The predicted octanol–water partition coefficient (Wildman–Crippen LogP) is 2.97. The van der Waals surface area contributed by atoms with E-state index in [1.165, 1.54) is 17.2 Å². The Hall–Kier alpha value is -1.90. The number of rotatable bonds is 3. The largest absolute Gasteiger partial charge is 0.369 e. The predicted molar refractivity (Wildman–Crippen MR) is 65.6 cm³/mol. The number of halogens is 1. The van der Waals surface area contributed by atoms with E-state index >= 15 is 0 Å². The Kier molecular flexibility index (Phi) is 2.52. The summed E-state index contributed by atoms with van der Waals surface area (Å²) in [5.74, 6) is 0.689. The maximum atomic E-state index is 12.9. The van der Waals surface area contributed by atoms with Crippen LogP contribution in [0.4, 0.5) is 10.2 Å². The number of hydrogen-bond acceptors (Lipinski definition) is 2. The third kappa shape index (κ3) is 2.00. The van der Waals surface area contributed by atoms with E-state index in [9.17, 15) is 4.39 Å². The van der Waals surface area contributed by atoms with Gasteiger partial charge in [0, 0.05) is 12.5 Å². The lowest BCUT2D eigenvalue weighted by Gasteiger charge is -2.30. The van der Waals surface area contributed by atoms with Crippen molar-refractivity contribution in [2.75, 3.05) is 11.9 Å². The Bertz CT molecular complexity index is 539. The maximum Gasteiger partial charge on any atom is 0.214 e. The van der Waals surface area contributed by atoms with Crippen molar-refractivity contribution in [1.29, 1.82) is 0 Å². The van der Waals surface area contributed by atoms with Crippen LogP contribution in [0.1, 0.15) is 17.0 Å². The molecule has 1 atom stereocenters. The van der Waals surface area contributed by atoms with Gasteiger partial charge in [0.25, 0.3) is 0 Å². The zero-order valence-corrected chi connectivity index (χ0v) is 9.36. The number of anilines is 1. The summed E-state index contributed by atoms with van der Waals surface area (Å²) in [6, 6.07) is 13.2. The molecule has 1 aromatic carbocycles. The second kappa shape index (κ2) is 4.17. The van der Waals surface area contributed by atoms with Crippen molar-refractivity contribution in [2.24, 2.45) is 0 Å². The standard InChI is InChI=1S/C14H13FN2/c15-13-6-3-7-14(17-13)16-9-11-8-10-4-1-2-5-12(10)11/h1-7,11H,8-9H2,(H,16,17). The van der Waals surface area contributed by atoms with Gasteiger partial charge in [-0.3, -0.25) is 0 Å². The Balaban J connectivity index is 1.64. The van der Waals surface area contributed by atoms with Gasteiger partial charge in [-0.05, 0) is 29.7 Å². The molecule has 0 saturated carbocycles. The first kappa shape index (κ1) is 10.3. The summed E-state index contributed by atoms with van der Waals surface area (Å²) in [4.78, 5) is 3.78. The summed E-state index contributed by atoms with van der Waals surface area (Å²) < 4.78 is 12.9. The molecule has 1 heterocycles. The molecule has 0 radical (unpaired) electrons. The fourth-order valence-corrected chi connectivity index (χ4v) is 2.28. The Morgan fingerprint density at radius 3 is 2.88 bits per heavy atom. The minimum atomic E-state index is -0.441. The van der Waals surface area contributed by atoms with Gasteiger partial charge in [0.15, 0.2) is 0 Å². The molecule has 3 rings (SSSR count). The molecule has 1 aliphatic rings. The Labute approximate surface area is 99.5 Å². The first-order valence-electron chi connectivity index (χ1n) is 5.77. The second-order valence-electron chi connectivity index (χ2n) is 4.33. The van der Waals surface area contributed by atoms with Crippen LogP contribution in [0.2, 0.25) is 0 Å². The van der Waals surface area contributed by atoms with Gasteiger partial charge >= 0.3 is 0 Å².